The molecule has 0 aromatic heterocycles. The Morgan fingerprint density at radius 3 is 0.524 bits per heavy atom. The average Bonchev–Trinajstić information content (AvgIpc) is 1.96. The van der Waals surface area contributed by atoms with Gasteiger partial charge in [0.05, 0.1) is 0 Å². The van der Waals surface area contributed by atoms with Gasteiger partial charge in [0.25, 0.3) is 0 Å². The Kier molecular flexibility index (Phi) is 8080. The second-order valence-electron chi connectivity index (χ2n) is 0.333. The molecule has 0 fully saturated rings. The highest BCUT2D eigenvalue weighted by Gasteiger charge is 1.47. The van der Waals surface area contributed by atoms with Crippen LogP contribution in [0.4, 0.5) is 0 Å². The van der Waals surface area contributed by atoms with E-state index >= 15 is 0 Å². The third-order valence-electron chi connectivity index (χ3n) is 0.167. The molecule has 0 amide bonds. The maximum Gasteiger partial charge on any atom is 0.191 e. The summed E-state index contributed by atoms with van der Waals surface area (Å²) in [5, 5.41) is 0. The quantitative estimate of drug-likeness (QED) is 0.243. The van der Waals surface area contributed by atoms with E-state index < -0.39 is 0 Å². The number of hydrogen-bond donors (Lipinski definition) is 1. The minimum atomic E-state index is 0. The predicted octanol–water partition coefficient (Wildman–Crippen LogP) is -4.36. The van der Waals surface area contributed by atoms with Crippen molar-refractivity contribution in [3.63, 3.8) is 0 Å². The highest BCUT2D eigenvalue weighted by molar-refractivity contribution is 6.75. The maximum atomic E-state index is 7.14. The molecule has 21 heavy (non-hydrogen) atoms. The van der Waals surface area contributed by atoms with Crippen LogP contribution in [0.1, 0.15) is 75.7 Å². The summed E-state index contributed by atoms with van der Waals surface area (Å²) >= 11 is 0. The van der Waals surface area contributed by atoms with Crippen molar-refractivity contribution >= 4 is 83.9 Å². The molecule has 0 rings (SSSR count). The lowest BCUT2D eigenvalue weighted by atomic mass is 12.0. The molecule has 11 heteroatoms. The Hall–Kier alpha value is 1.62. The first kappa shape index (κ1) is 241. The van der Waals surface area contributed by atoms with E-state index in [2.05, 4.69) is 9.15 Å². The molecule has 160 valence electrons. The Bertz CT molecular complexity index is 38.1. The van der Waals surface area contributed by atoms with E-state index in [0.717, 1.165) is 0 Å². The molecule has 0 atom stereocenters. The standard InChI is InChI=1S/10CH4.H6O2Si2.H4OSi.H6Si2.3H4Si.H2/c;;;;;;;;;;3-1-2-4;2*1-2;;;;/h10*1H4;3-4H3;1H,2H3;1-2H3;3*1H4;1H. The second kappa shape index (κ2) is 703. The molecule has 0 aromatic rings. The minimum Gasteiger partial charge on any atom is -0.442 e. The molecule has 0 aliphatic carbocycles. The molecule has 0 aromatic carbocycles. The van der Waals surface area contributed by atoms with Crippen LogP contribution in [-0.2, 0) is 9.15 Å². The van der Waals surface area contributed by atoms with Gasteiger partial charge in [0.15, 0.2) is 21.0 Å². The third-order valence-corrected chi connectivity index (χ3v) is 1.50. The Morgan fingerprint density at radius 2 is 0.524 bits per heavy atom. The van der Waals surface area contributed by atoms with Gasteiger partial charge in [-0.15, -0.1) is 0 Å². The van der Waals surface area contributed by atoms with Crippen molar-refractivity contribution in [2.75, 3.05) is 0 Å². The topological polar surface area (TPSA) is 38.7 Å². The summed E-state index contributed by atoms with van der Waals surface area (Å²) in [6, 6.07) is 0. The third kappa shape index (κ3) is 1220. The number of rotatable bonds is 1. The van der Waals surface area contributed by atoms with Crippen molar-refractivity contribution in [2.24, 2.45) is 0 Å². The molecular weight excluding hydrogens is 393 g/mol. The van der Waals surface area contributed by atoms with Crippen molar-refractivity contribution in [2.45, 2.75) is 74.3 Å². The highest BCUT2D eigenvalue weighted by Crippen LogP contribution is 1.47. The Morgan fingerprint density at radius 1 is 0.476 bits per heavy atom. The van der Waals surface area contributed by atoms with Gasteiger partial charge < -0.3 is 13.9 Å². The predicted molar refractivity (Wildman–Crippen MR) is 158 cm³/mol. The largest absolute Gasteiger partial charge is 0.442 e. The first-order chi connectivity index (χ1) is 3.91. The summed E-state index contributed by atoms with van der Waals surface area (Å²) < 4.78 is 8.48. The van der Waals surface area contributed by atoms with Crippen molar-refractivity contribution in [3.05, 3.63) is 0 Å². The van der Waals surface area contributed by atoms with Crippen LogP contribution in [-0.4, -0.2) is 88.7 Å². The molecule has 0 saturated carbocycles. The molecule has 0 radical (unpaired) electrons. The summed E-state index contributed by atoms with van der Waals surface area (Å²) in [6.45, 7) is 0. The van der Waals surface area contributed by atoms with Crippen LogP contribution in [0.3, 0.4) is 0 Å². The number of hydrogen-bond acceptors (Lipinski definition) is 3. The monoisotopic (exact) mass is 462 g/mol. The molecule has 0 aliphatic rings. The van der Waals surface area contributed by atoms with E-state index in [1.54, 1.807) is 0 Å². The molecule has 3 nitrogen and oxygen atoms in total. The molecule has 0 heterocycles. The smallest absolute Gasteiger partial charge is 0.191 e. The summed E-state index contributed by atoms with van der Waals surface area (Å²) in [7, 11) is 4.60. The SMILES string of the molecule is C.C.C.C.C.C.C.C.C.C.O[SiH3].[HH].[SiH3]OO[SiH3].[SiH3][SiH3].[SiH4].[SiH4].[SiH4]. The van der Waals surface area contributed by atoms with Crippen LogP contribution < -0.4 is 0 Å². The van der Waals surface area contributed by atoms with Crippen LogP contribution in [0.25, 0.3) is 0 Å². The van der Waals surface area contributed by atoms with Gasteiger partial charge in [0.1, 0.15) is 10.5 Å². The fourth-order valence-corrected chi connectivity index (χ4v) is 0. The van der Waals surface area contributed by atoms with Crippen molar-refractivity contribution in [1.29, 1.82) is 0 Å². The zero-order valence-corrected chi connectivity index (χ0v) is 16.3. The van der Waals surface area contributed by atoms with Gasteiger partial charge in [-0.25, -0.2) is 0 Å². The Balaban J connectivity index is -0.000000000889. The zero-order valence-electron chi connectivity index (χ0n) is 6.26. The fourth-order valence-electron chi connectivity index (χ4n) is 0. The lowest BCUT2D eigenvalue weighted by molar-refractivity contribution is -0.0859. The summed E-state index contributed by atoms with van der Waals surface area (Å²) in [6.07, 6.45) is 0. The van der Waals surface area contributed by atoms with E-state index in [1.165, 1.54) is 19.5 Å². The molecule has 0 saturated heterocycles. The van der Waals surface area contributed by atoms with Crippen molar-refractivity contribution in [1.82, 2.24) is 0 Å². The van der Waals surface area contributed by atoms with Gasteiger partial charge in [0, 0.05) is 1.43 Å². The van der Waals surface area contributed by atoms with Crippen LogP contribution >= 0.6 is 0 Å². The van der Waals surface area contributed by atoms with Gasteiger partial charge in [-0.3, -0.25) is 0 Å². The van der Waals surface area contributed by atoms with Crippen molar-refractivity contribution in [3.8, 4) is 0 Å². The van der Waals surface area contributed by atoms with E-state index in [4.69, 9.17) is 4.80 Å². The summed E-state index contributed by atoms with van der Waals surface area (Å²) in [5.74, 6) is 0. The lowest BCUT2D eigenvalue weighted by Crippen LogP contribution is -1.78. The second-order valence-corrected chi connectivity index (χ2v) is 1.00. The molecule has 0 bridgehead atoms. The van der Waals surface area contributed by atoms with Gasteiger partial charge in [-0.05, 0) is 52.4 Å². The van der Waals surface area contributed by atoms with Crippen molar-refractivity contribution < 1.29 is 15.4 Å². The fraction of sp³-hybridized carbons (Fsp3) is 1.00. The van der Waals surface area contributed by atoms with Crippen LogP contribution in [0.5, 0.6) is 0 Å². The van der Waals surface area contributed by atoms with E-state index in [-0.39, 0.29) is 109 Å². The minimum absolute atomic E-state index is 0. The first-order valence-electron chi connectivity index (χ1n) is 2.43. The average molecular weight is 463 g/mol. The van der Waals surface area contributed by atoms with E-state index in [1.807, 2.05) is 0 Å². The zero-order chi connectivity index (χ0) is 7.41. The molecule has 0 spiro atoms. The maximum absolute atomic E-state index is 7.14. The lowest BCUT2D eigenvalue weighted by Gasteiger charge is -1.81. The van der Waals surface area contributed by atoms with Gasteiger partial charge in [-0.1, -0.05) is 74.3 Å². The van der Waals surface area contributed by atoms with Crippen LogP contribution in [0.2, 0.25) is 0 Å². The first-order valence-corrected chi connectivity index (χ1v) is 13.0. The molecular formula is C10H70O3Si8. The summed E-state index contributed by atoms with van der Waals surface area (Å²) in [5.41, 5.74) is 0. The summed E-state index contributed by atoms with van der Waals surface area (Å²) in [4.78, 5) is 7.14. The highest BCUT2D eigenvalue weighted by atomic mass is 29.1. The van der Waals surface area contributed by atoms with Gasteiger partial charge >= 0.3 is 0 Å². The van der Waals surface area contributed by atoms with Gasteiger partial charge in [-0.2, -0.15) is 0 Å². The normalized spacial score (nSPS) is 2.71. The molecule has 0 unspecified atom stereocenters. The van der Waals surface area contributed by atoms with Crippen LogP contribution in [0.15, 0.2) is 0 Å². The van der Waals surface area contributed by atoms with E-state index in [9.17, 15) is 0 Å². The Labute approximate surface area is 173 Å². The van der Waals surface area contributed by atoms with Crippen LogP contribution in [0, 0.1) is 0 Å². The molecule has 0 aliphatic heterocycles. The van der Waals surface area contributed by atoms with E-state index in [0.29, 0.717) is 31.5 Å². The van der Waals surface area contributed by atoms with Gasteiger partial charge in [0.2, 0.25) is 0 Å². The molecule has 1 N–H and O–H groups in total.